The first-order valence-corrected chi connectivity index (χ1v) is 7.18. The number of benzene rings is 1. The smallest absolute Gasteiger partial charge is 0.234 e. The SMILES string of the molecule is CC(CN)CCNc1ccc2c(c1)NC(=O)CS2. The molecule has 1 atom stereocenters. The molecule has 0 saturated carbocycles. The molecule has 1 heterocycles. The molecule has 18 heavy (non-hydrogen) atoms. The van der Waals surface area contributed by atoms with E-state index >= 15 is 0 Å². The van der Waals surface area contributed by atoms with Crippen LogP contribution >= 0.6 is 11.8 Å². The molecular weight excluding hydrogens is 246 g/mol. The van der Waals surface area contributed by atoms with Gasteiger partial charge in [-0.15, -0.1) is 11.8 Å². The van der Waals surface area contributed by atoms with Crippen molar-refractivity contribution in [2.75, 3.05) is 29.5 Å². The first kappa shape index (κ1) is 13.2. The third kappa shape index (κ3) is 3.40. The van der Waals surface area contributed by atoms with Crippen molar-refractivity contribution >= 4 is 29.0 Å². The summed E-state index contributed by atoms with van der Waals surface area (Å²) in [5.74, 6) is 1.11. The Bertz CT molecular complexity index is 436. The Morgan fingerprint density at radius 3 is 3.17 bits per heavy atom. The molecule has 0 spiro atoms. The molecule has 1 aromatic carbocycles. The van der Waals surface area contributed by atoms with E-state index < -0.39 is 0 Å². The molecule has 0 bridgehead atoms. The summed E-state index contributed by atoms with van der Waals surface area (Å²) >= 11 is 1.58. The molecule has 4 nitrogen and oxygen atoms in total. The summed E-state index contributed by atoms with van der Waals surface area (Å²) < 4.78 is 0. The zero-order valence-corrected chi connectivity index (χ0v) is 11.3. The summed E-state index contributed by atoms with van der Waals surface area (Å²) in [6.45, 7) is 3.77. The zero-order chi connectivity index (χ0) is 13.0. The summed E-state index contributed by atoms with van der Waals surface area (Å²) in [6.07, 6.45) is 1.05. The molecule has 98 valence electrons. The van der Waals surface area contributed by atoms with Gasteiger partial charge in [-0.05, 0) is 37.1 Å². The lowest BCUT2D eigenvalue weighted by atomic mass is 10.1. The highest BCUT2D eigenvalue weighted by atomic mass is 32.2. The predicted octanol–water partition coefficient (Wildman–Crippen LogP) is 2.13. The fourth-order valence-corrected chi connectivity index (χ4v) is 2.56. The van der Waals surface area contributed by atoms with E-state index in [1.165, 1.54) is 0 Å². The molecule has 1 amide bonds. The maximum absolute atomic E-state index is 11.3. The van der Waals surface area contributed by atoms with Gasteiger partial charge in [-0.1, -0.05) is 6.92 Å². The van der Waals surface area contributed by atoms with Crippen LogP contribution in [0.3, 0.4) is 0 Å². The quantitative estimate of drug-likeness (QED) is 0.763. The first-order valence-electron chi connectivity index (χ1n) is 6.19. The molecule has 0 saturated heterocycles. The topological polar surface area (TPSA) is 67.2 Å². The summed E-state index contributed by atoms with van der Waals surface area (Å²) in [4.78, 5) is 12.4. The highest BCUT2D eigenvalue weighted by molar-refractivity contribution is 8.00. The Morgan fingerprint density at radius 2 is 2.39 bits per heavy atom. The van der Waals surface area contributed by atoms with Gasteiger partial charge in [-0.3, -0.25) is 4.79 Å². The van der Waals surface area contributed by atoms with E-state index in [2.05, 4.69) is 23.6 Å². The number of hydrogen-bond acceptors (Lipinski definition) is 4. The van der Waals surface area contributed by atoms with Gasteiger partial charge in [-0.25, -0.2) is 0 Å². The van der Waals surface area contributed by atoms with Gasteiger partial charge < -0.3 is 16.4 Å². The van der Waals surface area contributed by atoms with Gasteiger partial charge in [0.25, 0.3) is 0 Å². The monoisotopic (exact) mass is 265 g/mol. The molecular formula is C13H19N3OS. The average Bonchev–Trinajstić information content (AvgIpc) is 2.38. The molecule has 0 aromatic heterocycles. The van der Waals surface area contributed by atoms with Gasteiger partial charge in [0.05, 0.1) is 11.4 Å². The van der Waals surface area contributed by atoms with Crippen LogP contribution in [-0.4, -0.2) is 24.7 Å². The second kappa shape index (κ2) is 6.11. The largest absolute Gasteiger partial charge is 0.385 e. The van der Waals surface area contributed by atoms with Gasteiger partial charge in [0.2, 0.25) is 5.91 Å². The molecule has 0 fully saturated rings. The number of hydrogen-bond donors (Lipinski definition) is 3. The van der Waals surface area contributed by atoms with E-state index in [0.717, 1.165) is 35.8 Å². The molecule has 1 aliphatic heterocycles. The third-order valence-electron chi connectivity index (χ3n) is 2.98. The van der Waals surface area contributed by atoms with Gasteiger partial charge >= 0.3 is 0 Å². The fraction of sp³-hybridized carbons (Fsp3) is 0.462. The second-order valence-corrected chi connectivity index (χ2v) is 5.62. The molecule has 4 N–H and O–H groups in total. The van der Waals surface area contributed by atoms with Crippen molar-refractivity contribution in [2.24, 2.45) is 11.7 Å². The van der Waals surface area contributed by atoms with Crippen molar-refractivity contribution in [3.63, 3.8) is 0 Å². The minimum absolute atomic E-state index is 0.0707. The van der Waals surface area contributed by atoms with Gasteiger partial charge in [-0.2, -0.15) is 0 Å². The lowest BCUT2D eigenvalue weighted by Gasteiger charge is -2.18. The van der Waals surface area contributed by atoms with Crippen molar-refractivity contribution in [1.82, 2.24) is 0 Å². The fourth-order valence-electron chi connectivity index (χ4n) is 1.77. The second-order valence-electron chi connectivity index (χ2n) is 4.60. The maximum Gasteiger partial charge on any atom is 0.234 e. The number of fused-ring (bicyclic) bond motifs is 1. The van der Waals surface area contributed by atoms with Crippen LogP contribution in [0.5, 0.6) is 0 Å². The van der Waals surface area contributed by atoms with Crippen LogP contribution < -0.4 is 16.4 Å². The predicted molar refractivity (Wildman–Crippen MR) is 77.1 cm³/mol. The number of rotatable bonds is 5. The van der Waals surface area contributed by atoms with Crippen LogP contribution in [0, 0.1) is 5.92 Å². The molecule has 0 aliphatic carbocycles. The third-order valence-corrected chi connectivity index (χ3v) is 4.05. The van der Waals surface area contributed by atoms with Crippen LogP contribution in [0.25, 0.3) is 0 Å². The Labute approximate surface area is 112 Å². The summed E-state index contributed by atoms with van der Waals surface area (Å²) in [7, 11) is 0. The van der Waals surface area contributed by atoms with Crippen LogP contribution in [0.15, 0.2) is 23.1 Å². The van der Waals surface area contributed by atoms with E-state index in [9.17, 15) is 4.79 Å². The first-order chi connectivity index (χ1) is 8.69. The Hall–Kier alpha value is -1.20. The van der Waals surface area contributed by atoms with Crippen molar-refractivity contribution in [1.29, 1.82) is 0 Å². The molecule has 1 aliphatic rings. The summed E-state index contributed by atoms with van der Waals surface area (Å²) in [5, 5.41) is 6.25. The van der Waals surface area contributed by atoms with Crippen LogP contribution in [0.2, 0.25) is 0 Å². The van der Waals surface area contributed by atoms with E-state index in [0.29, 0.717) is 11.7 Å². The maximum atomic E-state index is 11.3. The Morgan fingerprint density at radius 1 is 1.56 bits per heavy atom. The summed E-state index contributed by atoms with van der Waals surface area (Å²) in [6, 6.07) is 6.09. The lowest BCUT2D eigenvalue weighted by Crippen LogP contribution is -2.19. The highest BCUT2D eigenvalue weighted by Gasteiger charge is 2.15. The van der Waals surface area contributed by atoms with Crippen LogP contribution in [-0.2, 0) is 4.79 Å². The number of anilines is 2. The van der Waals surface area contributed by atoms with Gasteiger partial charge in [0, 0.05) is 17.1 Å². The Kier molecular flexibility index (Phi) is 4.49. The molecule has 5 heteroatoms. The minimum atomic E-state index is 0.0707. The molecule has 0 radical (unpaired) electrons. The standard InChI is InChI=1S/C13H19N3OS/c1-9(7-14)4-5-15-10-2-3-12-11(6-10)16-13(17)8-18-12/h2-3,6,9,15H,4-5,7-8,14H2,1H3,(H,16,17). The number of nitrogens with two attached hydrogens (primary N) is 1. The van der Waals surface area contributed by atoms with Crippen molar-refractivity contribution in [2.45, 2.75) is 18.2 Å². The number of thioether (sulfide) groups is 1. The van der Waals surface area contributed by atoms with E-state index in [-0.39, 0.29) is 5.91 Å². The van der Waals surface area contributed by atoms with Gasteiger partial charge in [0.15, 0.2) is 0 Å². The number of nitrogens with one attached hydrogen (secondary N) is 2. The normalized spacial score (nSPS) is 15.8. The molecule has 1 unspecified atom stereocenters. The van der Waals surface area contributed by atoms with Crippen molar-refractivity contribution in [3.8, 4) is 0 Å². The minimum Gasteiger partial charge on any atom is -0.385 e. The average molecular weight is 265 g/mol. The van der Waals surface area contributed by atoms with Crippen LogP contribution in [0.1, 0.15) is 13.3 Å². The molecule has 1 aromatic rings. The zero-order valence-electron chi connectivity index (χ0n) is 10.5. The van der Waals surface area contributed by atoms with Crippen molar-refractivity contribution in [3.05, 3.63) is 18.2 Å². The highest BCUT2D eigenvalue weighted by Crippen LogP contribution is 2.33. The van der Waals surface area contributed by atoms with E-state index in [1.807, 2.05) is 12.1 Å². The van der Waals surface area contributed by atoms with Crippen molar-refractivity contribution < 1.29 is 4.79 Å². The number of carbonyl (C=O) groups is 1. The number of amides is 1. The number of carbonyl (C=O) groups excluding carboxylic acids is 1. The van der Waals surface area contributed by atoms with E-state index in [4.69, 9.17) is 5.73 Å². The molecule has 2 rings (SSSR count). The van der Waals surface area contributed by atoms with Crippen LogP contribution in [0.4, 0.5) is 11.4 Å². The van der Waals surface area contributed by atoms with Gasteiger partial charge in [0.1, 0.15) is 0 Å². The lowest BCUT2D eigenvalue weighted by molar-refractivity contribution is -0.113. The van der Waals surface area contributed by atoms with E-state index in [1.54, 1.807) is 11.8 Å². The summed E-state index contributed by atoms with van der Waals surface area (Å²) in [5.41, 5.74) is 7.53. The Balaban J connectivity index is 1.94.